The van der Waals surface area contributed by atoms with Crippen LogP contribution in [0.4, 0.5) is 18.9 Å². The van der Waals surface area contributed by atoms with Gasteiger partial charge in [0.25, 0.3) is 5.56 Å². The van der Waals surface area contributed by atoms with Crippen LogP contribution in [0.1, 0.15) is 18.1 Å². The van der Waals surface area contributed by atoms with E-state index in [9.17, 15) is 22.8 Å². The highest BCUT2D eigenvalue weighted by Gasteiger charge is 2.31. The maximum atomic E-state index is 12.7. The lowest BCUT2D eigenvalue weighted by molar-refractivity contribution is -0.137. The minimum Gasteiger partial charge on any atom is -0.493 e. The van der Waals surface area contributed by atoms with Crippen LogP contribution in [-0.2, 0) is 11.0 Å². The number of nitrogens with one attached hydrogen (secondary N) is 2. The van der Waals surface area contributed by atoms with Gasteiger partial charge in [0.05, 0.1) is 12.2 Å². The van der Waals surface area contributed by atoms with E-state index in [2.05, 4.69) is 5.32 Å². The second-order valence-corrected chi connectivity index (χ2v) is 4.92. The molecule has 0 aliphatic carbocycles. The van der Waals surface area contributed by atoms with Crippen molar-refractivity contribution in [3.63, 3.8) is 0 Å². The molecule has 0 spiro atoms. The molecule has 0 atom stereocenters. The molecule has 1 aromatic heterocycles. The summed E-state index contributed by atoms with van der Waals surface area (Å²) in [6.45, 7) is 2.25. The number of hydrogen-bond acceptors (Lipinski definition) is 3. The molecule has 1 heterocycles. The van der Waals surface area contributed by atoms with E-state index in [1.54, 1.807) is 24.3 Å². The Balaban J connectivity index is 2.17. The summed E-state index contributed by atoms with van der Waals surface area (Å²) < 4.78 is 43.4. The molecule has 0 bridgehead atoms. The largest absolute Gasteiger partial charge is 0.493 e. The monoisotopic (exact) mass is 352 g/mol. The summed E-state index contributed by atoms with van der Waals surface area (Å²) >= 11 is 0. The number of para-hydroxylation sites is 1. The Kier molecular flexibility index (Phi) is 5.63. The van der Waals surface area contributed by atoms with E-state index >= 15 is 0 Å². The smallest absolute Gasteiger partial charge is 0.417 e. The molecular formula is C17H15F3N2O3. The van der Waals surface area contributed by atoms with Crippen molar-refractivity contribution in [1.29, 1.82) is 0 Å². The molecule has 0 saturated heterocycles. The van der Waals surface area contributed by atoms with Crippen molar-refractivity contribution < 1.29 is 22.7 Å². The van der Waals surface area contributed by atoms with Crippen molar-refractivity contribution >= 4 is 17.7 Å². The lowest BCUT2D eigenvalue weighted by Gasteiger charge is -2.08. The van der Waals surface area contributed by atoms with Crippen molar-refractivity contribution in [2.24, 2.45) is 0 Å². The van der Waals surface area contributed by atoms with Crippen LogP contribution in [-0.4, -0.2) is 17.5 Å². The van der Waals surface area contributed by atoms with Crippen molar-refractivity contribution in [1.82, 2.24) is 4.98 Å². The molecule has 1 aromatic carbocycles. The Labute approximate surface area is 141 Å². The quantitative estimate of drug-likeness (QED) is 0.810. The van der Waals surface area contributed by atoms with Gasteiger partial charge in [-0.1, -0.05) is 18.2 Å². The number of carbonyl (C=O) groups excluding carboxylic acids is 1. The Hall–Kier alpha value is -3.03. The molecule has 0 saturated carbocycles. The summed E-state index contributed by atoms with van der Waals surface area (Å²) in [5.41, 5.74) is -1.75. The van der Waals surface area contributed by atoms with Gasteiger partial charge in [-0.25, -0.2) is 0 Å². The van der Waals surface area contributed by atoms with Crippen LogP contribution < -0.4 is 15.6 Å². The van der Waals surface area contributed by atoms with Crippen LogP contribution in [0.2, 0.25) is 0 Å². The molecule has 0 aliphatic rings. The van der Waals surface area contributed by atoms with Gasteiger partial charge in [0.2, 0.25) is 5.91 Å². The number of amides is 1. The fraction of sp³-hybridized carbons (Fsp3) is 0.176. The predicted molar refractivity (Wildman–Crippen MR) is 87.3 cm³/mol. The molecule has 132 valence electrons. The Morgan fingerprint density at radius 2 is 2.04 bits per heavy atom. The Bertz CT molecular complexity index is 842. The summed E-state index contributed by atoms with van der Waals surface area (Å²) in [7, 11) is 0. The summed E-state index contributed by atoms with van der Waals surface area (Å²) in [4.78, 5) is 25.4. The molecule has 8 heteroatoms. The molecule has 0 fully saturated rings. The predicted octanol–water partition coefficient (Wildman–Crippen LogP) is 3.44. The van der Waals surface area contributed by atoms with Gasteiger partial charge in [-0.2, -0.15) is 13.2 Å². The molecule has 1 amide bonds. The van der Waals surface area contributed by atoms with Crippen LogP contribution in [0, 0.1) is 0 Å². The lowest BCUT2D eigenvalue weighted by atomic mass is 10.2. The SMILES string of the molecule is CCOc1ccccc1C=CC(=O)Nc1cc(C(F)(F)F)c[nH]c1=O. The topological polar surface area (TPSA) is 71.2 Å². The highest BCUT2D eigenvalue weighted by atomic mass is 19.4. The third-order valence-corrected chi connectivity index (χ3v) is 3.12. The van der Waals surface area contributed by atoms with E-state index in [1.165, 1.54) is 6.08 Å². The van der Waals surface area contributed by atoms with Crippen molar-refractivity contribution in [2.45, 2.75) is 13.1 Å². The van der Waals surface area contributed by atoms with Crippen LogP contribution >= 0.6 is 0 Å². The number of aromatic nitrogens is 1. The second kappa shape index (κ2) is 7.69. The van der Waals surface area contributed by atoms with Crippen LogP contribution in [0.15, 0.2) is 47.4 Å². The standard InChI is InChI=1S/C17H15F3N2O3/c1-2-25-14-6-4-3-5-11(14)7-8-15(23)22-13-9-12(17(18,19)20)10-21-16(13)24/h3-10H,2H2,1H3,(H,21,24)(H,22,23). The van der Waals surface area contributed by atoms with Crippen LogP contribution in [0.3, 0.4) is 0 Å². The van der Waals surface area contributed by atoms with E-state index in [0.717, 1.165) is 6.08 Å². The minimum absolute atomic E-state index is 0.441. The third kappa shape index (κ3) is 4.97. The maximum absolute atomic E-state index is 12.7. The van der Waals surface area contributed by atoms with Gasteiger partial charge in [0.1, 0.15) is 11.4 Å². The summed E-state index contributed by atoms with van der Waals surface area (Å²) in [5, 5.41) is 2.13. The number of anilines is 1. The van der Waals surface area contributed by atoms with Gasteiger partial charge < -0.3 is 15.0 Å². The number of H-pyrrole nitrogens is 1. The van der Waals surface area contributed by atoms with Gasteiger partial charge >= 0.3 is 6.18 Å². The van der Waals surface area contributed by atoms with E-state index in [0.29, 0.717) is 30.2 Å². The molecule has 0 aliphatic heterocycles. The summed E-state index contributed by atoms with van der Waals surface area (Å²) in [6, 6.07) is 7.53. The highest BCUT2D eigenvalue weighted by Crippen LogP contribution is 2.29. The fourth-order valence-corrected chi connectivity index (χ4v) is 1.99. The number of benzene rings is 1. The van der Waals surface area contributed by atoms with Gasteiger partial charge in [-0.3, -0.25) is 9.59 Å². The molecule has 2 rings (SSSR count). The zero-order valence-electron chi connectivity index (χ0n) is 13.2. The first-order valence-corrected chi connectivity index (χ1v) is 7.32. The number of pyridine rings is 1. The molecule has 0 unspecified atom stereocenters. The molecule has 5 nitrogen and oxygen atoms in total. The number of hydrogen-bond donors (Lipinski definition) is 2. The van der Waals surface area contributed by atoms with Gasteiger partial charge in [-0.15, -0.1) is 0 Å². The number of carbonyl (C=O) groups is 1. The first-order valence-electron chi connectivity index (χ1n) is 7.32. The average Bonchev–Trinajstić information content (AvgIpc) is 2.55. The first-order chi connectivity index (χ1) is 11.8. The van der Waals surface area contributed by atoms with E-state index in [1.807, 2.05) is 11.9 Å². The normalized spacial score (nSPS) is 11.5. The van der Waals surface area contributed by atoms with Gasteiger partial charge in [0, 0.05) is 17.8 Å². The zero-order valence-corrected chi connectivity index (χ0v) is 13.2. The highest BCUT2D eigenvalue weighted by molar-refractivity contribution is 6.02. The van der Waals surface area contributed by atoms with Crippen molar-refractivity contribution in [3.8, 4) is 5.75 Å². The van der Waals surface area contributed by atoms with Crippen LogP contribution in [0.25, 0.3) is 6.08 Å². The van der Waals surface area contributed by atoms with Crippen LogP contribution in [0.5, 0.6) is 5.75 Å². The fourth-order valence-electron chi connectivity index (χ4n) is 1.99. The molecule has 25 heavy (non-hydrogen) atoms. The maximum Gasteiger partial charge on any atom is 0.417 e. The third-order valence-electron chi connectivity index (χ3n) is 3.12. The zero-order chi connectivity index (χ0) is 18.4. The number of rotatable bonds is 5. The molecule has 0 radical (unpaired) electrons. The molecule has 2 aromatic rings. The summed E-state index contributed by atoms with van der Waals surface area (Å²) in [5.74, 6) is -0.179. The molecular weight excluding hydrogens is 337 g/mol. The lowest BCUT2D eigenvalue weighted by Crippen LogP contribution is -2.20. The Morgan fingerprint density at radius 1 is 1.32 bits per heavy atom. The number of halogens is 3. The Morgan fingerprint density at radius 3 is 2.72 bits per heavy atom. The van der Waals surface area contributed by atoms with Crippen molar-refractivity contribution in [3.05, 3.63) is 64.1 Å². The minimum atomic E-state index is -4.63. The average molecular weight is 352 g/mol. The molecule has 2 N–H and O–H groups in total. The second-order valence-electron chi connectivity index (χ2n) is 4.92. The van der Waals surface area contributed by atoms with Crippen molar-refractivity contribution in [2.75, 3.05) is 11.9 Å². The van der Waals surface area contributed by atoms with Gasteiger partial charge in [-0.05, 0) is 25.1 Å². The van der Waals surface area contributed by atoms with E-state index in [4.69, 9.17) is 4.74 Å². The van der Waals surface area contributed by atoms with E-state index in [-0.39, 0.29) is 0 Å². The number of aromatic amines is 1. The van der Waals surface area contributed by atoms with Gasteiger partial charge in [0.15, 0.2) is 0 Å². The first kappa shape index (κ1) is 18.3. The number of ether oxygens (including phenoxy) is 1. The van der Waals surface area contributed by atoms with E-state index < -0.39 is 28.9 Å². The number of alkyl halides is 3. The summed E-state index contributed by atoms with van der Waals surface area (Å²) in [6.07, 6.45) is -1.53.